The predicted octanol–water partition coefficient (Wildman–Crippen LogP) is 7.77. The van der Waals surface area contributed by atoms with Gasteiger partial charge in [-0.1, -0.05) is 109 Å². The third-order valence-corrected chi connectivity index (χ3v) is 9.55. The van der Waals surface area contributed by atoms with Crippen LogP contribution in [0.4, 0.5) is 0 Å². The van der Waals surface area contributed by atoms with Gasteiger partial charge in [-0.25, -0.2) is 0 Å². The highest BCUT2D eigenvalue weighted by Crippen LogP contribution is 2.48. The van der Waals surface area contributed by atoms with Crippen LogP contribution in [0.5, 0.6) is 0 Å². The van der Waals surface area contributed by atoms with Crippen LogP contribution in [0.25, 0.3) is 5.57 Å². The molecular weight excluding hydrogens is 488 g/mol. The van der Waals surface area contributed by atoms with Crippen LogP contribution in [0.15, 0.2) is 132 Å². The fraction of sp³-hybridized carbons (Fsp3) is 0.351. The minimum absolute atomic E-state index is 0.110. The molecule has 0 radical (unpaired) electrons. The molecular formula is C37H40N2O. The second-order valence-corrected chi connectivity index (χ2v) is 11.8. The number of rotatable bonds is 6. The van der Waals surface area contributed by atoms with Crippen LogP contribution in [0, 0.1) is 23.7 Å². The van der Waals surface area contributed by atoms with Gasteiger partial charge in [-0.3, -0.25) is 0 Å². The monoisotopic (exact) mass is 528 g/mol. The highest BCUT2D eigenvalue weighted by Gasteiger charge is 2.49. The van der Waals surface area contributed by atoms with Crippen molar-refractivity contribution < 1.29 is 4.74 Å². The van der Waals surface area contributed by atoms with E-state index < -0.39 is 0 Å². The van der Waals surface area contributed by atoms with Crippen molar-refractivity contribution in [3.05, 3.63) is 138 Å². The van der Waals surface area contributed by atoms with E-state index in [2.05, 4.69) is 120 Å². The molecule has 5 aliphatic carbocycles. The lowest BCUT2D eigenvalue weighted by Crippen LogP contribution is -2.52. The number of fused-ring (bicyclic) bond motifs is 3. The lowest BCUT2D eigenvalue weighted by atomic mass is 9.75. The summed E-state index contributed by atoms with van der Waals surface area (Å²) in [5.41, 5.74) is 14.4. The van der Waals surface area contributed by atoms with Gasteiger partial charge in [0.15, 0.2) is 0 Å². The van der Waals surface area contributed by atoms with Crippen LogP contribution in [0.3, 0.4) is 0 Å². The summed E-state index contributed by atoms with van der Waals surface area (Å²) in [5.74, 6) is 1.32. The number of hydrogen-bond acceptors (Lipinski definition) is 3. The number of benzene rings is 1. The van der Waals surface area contributed by atoms with Gasteiger partial charge in [0.2, 0.25) is 0 Å². The Bertz CT molecular complexity index is 1380. The SMILES string of the molecule is NC(C1CC=CC2C3C=CC=CC3OC21)N(C1=CC=CCC1)C1=C(c2ccccc2)CCC=C1C1C=CC=CC1. The molecule has 6 aliphatic rings. The van der Waals surface area contributed by atoms with Crippen molar-refractivity contribution in [3.8, 4) is 0 Å². The van der Waals surface area contributed by atoms with Crippen LogP contribution in [0.2, 0.25) is 0 Å². The van der Waals surface area contributed by atoms with Crippen LogP contribution < -0.4 is 5.73 Å². The third-order valence-electron chi connectivity index (χ3n) is 9.55. The van der Waals surface area contributed by atoms with Gasteiger partial charge in [0.1, 0.15) is 0 Å². The van der Waals surface area contributed by atoms with Gasteiger partial charge >= 0.3 is 0 Å². The average molecular weight is 529 g/mol. The van der Waals surface area contributed by atoms with E-state index in [1.807, 2.05) is 0 Å². The molecule has 7 rings (SSSR count). The standard InChI is InChI=1S/C37H40N2O/c38-37(33-24-13-23-32-31-20-10-11-25-34(31)40-36(32)33)39(28-18-8-3-9-19-28)35-29(26-14-4-1-5-15-26)21-12-22-30(35)27-16-6-2-7-17-27/h1-8,10-11,13-16,18,20,22-23,25,27,31-34,36-37H,9,12,17,19,21,24,38H2. The number of hydrogen-bond donors (Lipinski definition) is 1. The van der Waals surface area contributed by atoms with Gasteiger partial charge in [0, 0.05) is 35.1 Å². The Morgan fingerprint density at radius 2 is 1.68 bits per heavy atom. The molecule has 3 heteroatoms. The Labute approximate surface area is 239 Å². The van der Waals surface area contributed by atoms with E-state index in [0.717, 1.165) is 38.5 Å². The highest BCUT2D eigenvalue weighted by molar-refractivity contribution is 5.74. The first-order valence-electron chi connectivity index (χ1n) is 15.2. The Morgan fingerprint density at radius 3 is 2.50 bits per heavy atom. The Kier molecular flexibility index (Phi) is 7.18. The molecule has 0 bridgehead atoms. The maximum Gasteiger partial charge on any atom is 0.0874 e. The van der Waals surface area contributed by atoms with Crippen molar-refractivity contribution in [2.45, 2.75) is 56.9 Å². The first-order chi connectivity index (χ1) is 19.8. The van der Waals surface area contributed by atoms with E-state index in [4.69, 9.17) is 10.5 Å². The normalized spacial score (nSPS) is 32.9. The van der Waals surface area contributed by atoms with E-state index in [1.54, 1.807) is 0 Å². The molecule has 40 heavy (non-hydrogen) atoms. The average Bonchev–Trinajstić information content (AvgIpc) is 3.41. The minimum Gasteiger partial charge on any atom is -0.369 e. The Morgan fingerprint density at radius 1 is 0.800 bits per heavy atom. The number of nitrogens with zero attached hydrogens (tertiary/aromatic N) is 1. The number of allylic oxidation sites excluding steroid dienone is 14. The molecule has 0 spiro atoms. The third kappa shape index (κ3) is 4.66. The largest absolute Gasteiger partial charge is 0.369 e. The van der Waals surface area contributed by atoms with E-state index >= 15 is 0 Å². The summed E-state index contributed by atoms with van der Waals surface area (Å²) in [6.07, 6.45) is 38.1. The Balaban J connectivity index is 1.35. The molecule has 204 valence electrons. The van der Waals surface area contributed by atoms with Crippen molar-refractivity contribution in [3.63, 3.8) is 0 Å². The quantitative estimate of drug-likeness (QED) is 0.303. The van der Waals surface area contributed by atoms with Crippen LogP contribution >= 0.6 is 0 Å². The van der Waals surface area contributed by atoms with E-state index in [0.29, 0.717) is 17.8 Å². The lowest BCUT2D eigenvalue weighted by Gasteiger charge is -2.45. The second-order valence-electron chi connectivity index (χ2n) is 11.8. The van der Waals surface area contributed by atoms with E-state index in [1.165, 1.54) is 28.1 Å². The lowest BCUT2D eigenvalue weighted by molar-refractivity contribution is -0.00641. The molecule has 1 saturated heterocycles. The summed E-state index contributed by atoms with van der Waals surface area (Å²) in [5, 5.41) is 0. The molecule has 3 nitrogen and oxygen atoms in total. The zero-order valence-corrected chi connectivity index (χ0v) is 23.2. The first-order valence-corrected chi connectivity index (χ1v) is 15.2. The predicted molar refractivity (Wildman–Crippen MR) is 165 cm³/mol. The van der Waals surface area contributed by atoms with Crippen molar-refractivity contribution >= 4 is 5.57 Å². The summed E-state index contributed by atoms with van der Waals surface area (Å²) in [6, 6.07) is 11.0. The smallest absolute Gasteiger partial charge is 0.0874 e. The fourth-order valence-corrected chi connectivity index (χ4v) is 7.63. The van der Waals surface area contributed by atoms with Crippen LogP contribution in [0.1, 0.15) is 44.1 Å². The topological polar surface area (TPSA) is 38.5 Å². The highest BCUT2D eigenvalue weighted by atomic mass is 16.5. The van der Waals surface area contributed by atoms with Gasteiger partial charge < -0.3 is 15.4 Å². The first kappa shape index (κ1) is 25.6. The molecule has 1 aromatic rings. The van der Waals surface area contributed by atoms with Gasteiger partial charge in [0.25, 0.3) is 0 Å². The Hall–Kier alpha value is -3.40. The fourth-order valence-electron chi connectivity index (χ4n) is 7.63. The summed E-state index contributed by atoms with van der Waals surface area (Å²) < 4.78 is 6.80. The van der Waals surface area contributed by atoms with Crippen molar-refractivity contribution in [2.75, 3.05) is 0 Å². The summed E-state index contributed by atoms with van der Waals surface area (Å²) >= 11 is 0. The van der Waals surface area contributed by atoms with Gasteiger partial charge in [-0.2, -0.15) is 0 Å². The van der Waals surface area contributed by atoms with E-state index in [9.17, 15) is 0 Å². The van der Waals surface area contributed by atoms with Crippen molar-refractivity contribution in [2.24, 2.45) is 29.4 Å². The molecule has 7 unspecified atom stereocenters. The zero-order valence-electron chi connectivity index (χ0n) is 23.2. The molecule has 7 atom stereocenters. The molecule has 1 aliphatic heterocycles. The van der Waals surface area contributed by atoms with Gasteiger partial charge in [0.05, 0.1) is 18.4 Å². The summed E-state index contributed by atoms with van der Waals surface area (Å²) in [6.45, 7) is 0. The molecule has 0 aromatic heterocycles. The van der Waals surface area contributed by atoms with Crippen molar-refractivity contribution in [1.82, 2.24) is 4.90 Å². The van der Waals surface area contributed by atoms with E-state index in [-0.39, 0.29) is 24.3 Å². The zero-order chi connectivity index (χ0) is 26.9. The van der Waals surface area contributed by atoms with Gasteiger partial charge in [-0.05, 0) is 61.3 Å². The van der Waals surface area contributed by atoms with Crippen molar-refractivity contribution in [1.29, 1.82) is 0 Å². The maximum absolute atomic E-state index is 7.55. The van der Waals surface area contributed by atoms with Crippen LogP contribution in [-0.4, -0.2) is 23.3 Å². The molecule has 1 heterocycles. The molecule has 0 amide bonds. The minimum atomic E-state index is -0.193. The molecule has 2 N–H and O–H groups in total. The van der Waals surface area contributed by atoms with Gasteiger partial charge in [-0.15, -0.1) is 0 Å². The maximum atomic E-state index is 7.55. The molecule has 1 aromatic carbocycles. The molecule has 1 fully saturated rings. The number of ether oxygens (including phenoxy) is 1. The second kappa shape index (κ2) is 11.2. The van der Waals surface area contributed by atoms with Crippen LogP contribution in [-0.2, 0) is 4.74 Å². The molecule has 0 saturated carbocycles. The summed E-state index contributed by atoms with van der Waals surface area (Å²) in [7, 11) is 0. The number of nitrogens with two attached hydrogens (primary N) is 1. The summed E-state index contributed by atoms with van der Waals surface area (Å²) in [4.78, 5) is 2.56.